The van der Waals surface area contributed by atoms with Gasteiger partial charge < -0.3 is 9.88 Å². The van der Waals surface area contributed by atoms with E-state index in [0.717, 1.165) is 17.4 Å². The molecule has 0 spiro atoms. The van der Waals surface area contributed by atoms with Crippen molar-refractivity contribution in [2.75, 3.05) is 14.1 Å². The zero-order chi connectivity index (χ0) is 10.8. The van der Waals surface area contributed by atoms with E-state index in [-0.39, 0.29) is 5.43 Å². The minimum atomic E-state index is 0.0696. The van der Waals surface area contributed by atoms with Gasteiger partial charge in [-0.15, -0.1) is 0 Å². The van der Waals surface area contributed by atoms with E-state index < -0.39 is 0 Å². The predicted octanol–water partition coefficient (Wildman–Crippen LogP) is 1.59. The van der Waals surface area contributed by atoms with Crippen LogP contribution in [0.5, 0.6) is 0 Å². The fourth-order valence-corrected chi connectivity index (χ4v) is 1.69. The zero-order valence-corrected chi connectivity index (χ0v) is 8.95. The highest BCUT2D eigenvalue weighted by atomic mass is 16.1. The molecule has 0 aliphatic heterocycles. The van der Waals surface area contributed by atoms with E-state index in [1.807, 2.05) is 32.3 Å². The summed E-state index contributed by atoms with van der Waals surface area (Å²) in [7, 11) is 4.05. The normalized spacial score (nSPS) is 11.1. The molecule has 0 aliphatic carbocycles. The first-order valence-corrected chi connectivity index (χ1v) is 4.92. The second-order valence-corrected chi connectivity index (χ2v) is 3.96. The molecule has 0 saturated heterocycles. The molecule has 78 valence electrons. The van der Waals surface area contributed by atoms with Gasteiger partial charge in [-0.05, 0) is 31.8 Å². The summed E-state index contributed by atoms with van der Waals surface area (Å²) in [5.41, 5.74) is 2.18. The largest absolute Gasteiger partial charge is 0.361 e. The number of hydrogen-bond acceptors (Lipinski definition) is 2. The van der Waals surface area contributed by atoms with Crippen molar-refractivity contribution in [3.05, 3.63) is 46.2 Å². The maximum absolute atomic E-state index is 11.5. The third-order valence-electron chi connectivity index (χ3n) is 2.32. The highest BCUT2D eigenvalue weighted by Gasteiger charge is 2.00. The van der Waals surface area contributed by atoms with Gasteiger partial charge in [-0.2, -0.15) is 0 Å². The van der Waals surface area contributed by atoms with Crippen LogP contribution in [0.3, 0.4) is 0 Å². The first-order valence-electron chi connectivity index (χ1n) is 4.92. The molecule has 2 rings (SSSR count). The van der Waals surface area contributed by atoms with Crippen LogP contribution in [0.2, 0.25) is 0 Å². The van der Waals surface area contributed by atoms with Crippen molar-refractivity contribution in [2.24, 2.45) is 0 Å². The number of H-pyrrole nitrogens is 1. The SMILES string of the molecule is CN(C)Cc1ccc2c(=O)cc[nH]c2c1. The second kappa shape index (κ2) is 3.87. The molecule has 0 fully saturated rings. The lowest BCUT2D eigenvalue weighted by atomic mass is 10.1. The number of nitrogens with zero attached hydrogens (tertiary/aromatic N) is 1. The molecule has 1 aromatic carbocycles. The van der Waals surface area contributed by atoms with Gasteiger partial charge >= 0.3 is 0 Å². The molecule has 2 aromatic rings. The Morgan fingerprint density at radius 3 is 2.80 bits per heavy atom. The molecule has 3 nitrogen and oxygen atoms in total. The van der Waals surface area contributed by atoms with Crippen LogP contribution in [0.1, 0.15) is 5.56 Å². The third-order valence-corrected chi connectivity index (χ3v) is 2.32. The lowest BCUT2D eigenvalue weighted by molar-refractivity contribution is 0.402. The second-order valence-electron chi connectivity index (χ2n) is 3.96. The van der Waals surface area contributed by atoms with Gasteiger partial charge in [0.15, 0.2) is 5.43 Å². The van der Waals surface area contributed by atoms with E-state index in [4.69, 9.17) is 0 Å². The van der Waals surface area contributed by atoms with Crippen molar-refractivity contribution < 1.29 is 0 Å². The van der Waals surface area contributed by atoms with Gasteiger partial charge in [0.25, 0.3) is 0 Å². The molecule has 0 radical (unpaired) electrons. The zero-order valence-electron chi connectivity index (χ0n) is 8.95. The number of hydrogen-bond donors (Lipinski definition) is 1. The highest BCUT2D eigenvalue weighted by Crippen LogP contribution is 2.10. The van der Waals surface area contributed by atoms with Crippen molar-refractivity contribution in [3.8, 4) is 0 Å². The van der Waals surface area contributed by atoms with Crippen LogP contribution in [0.25, 0.3) is 10.9 Å². The summed E-state index contributed by atoms with van der Waals surface area (Å²) < 4.78 is 0. The van der Waals surface area contributed by atoms with Gasteiger partial charge in [-0.1, -0.05) is 6.07 Å². The number of nitrogens with one attached hydrogen (secondary N) is 1. The molecule has 0 atom stereocenters. The summed E-state index contributed by atoms with van der Waals surface area (Å²) in [5, 5.41) is 0.750. The minimum absolute atomic E-state index is 0.0696. The standard InChI is InChI=1S/C12H14N2O/c1-14(2)8-9-3-4-10-11(7-9)13-6-5-12(10)15/h3-7H,8H2,1-2H3,(H,13,15). The summed E-state index contributed by atoms with van der Waals surface area (Å²) in [6.07, 6.45) is 1.68. The molecule has 0 amide bonds. The maximum atomic E-state index is 11.5. The van der Waals surface area contributed by atoms with Crippen molar-refractivity contribution in [2.45, 2.75) is 6.54 Å². The summed E-state index contributed by atoms with van der Waals surface area (Å²) in [6.45, 7) is 0.882. The third kappa shape index (κ3) is 2.07. The first kappa shape index (κ1) is 9.93. The van der Waals surface area contributed by atoms with E-state index in [1.165, 1.54) is 5.56 Å². The van der Waals surface area contributed by atoms with Gasteiger partial charge in [-0.25, -0.2) is 0 Å². The monoisotopic (exact) mass is 202 g/mol. The number of pyridine rings is 1. The Kier molecular flexibility index (Phi) is 2.56. The van der Waals surface area contributed by atoms with Crippen LogP contribution < -0.4 is 5.43 Å². The predicted molar refractivity (Wildman–Crippen MR) is 62.0 cm³/mol. The van der Waals surface area contributed by atoms with Gasteiger partial charge in [0, 0.05) is 29.7 Å². The van der Waals surface area contributed by atoms with Gasteiger partial charge in [-0.3, -0.25) is 4.79 Å². The number of fused-ring (bicyclic) bond motifs is 1. The molecule has 1 aromatic heterocycles. The van der Waals surface area contributed by atoms with Gasteiger partial charge in [0.1, 0.15) is 0 Å². The molecule has 0 aliphatic rings. The number of benzene rings is 1. The molecular weight excluding hydrogens is 188 g/mol. The van der Waals surface area contributed by atoms with Crippen LogP contribution in [-0.2, 0) is 6.54 Å². The van der Waals surface area contributed by atoms with E-state index >= 15 is 0 Å². The van der Waals surface area contributed by atoms with Crippen LogP contribution >= 0.6 is 0 Å². The molecule has 0 unspecified atom stereocenters. The average molecular weight is 202 g/mol. The molecule has 3 heteroatoms. The summed E-state index contributed by atoms with van der Waals surface area (Å²) >= 11 is 0. The quantitative estimate of drug-likeness (QED) is 0.802. The number of rotatable bonds is 2. The Morgan fingerprint density at radius 2 is 2.07 bits per heavy atom. The van der Waals surface area contributed by atoms with Crippen LogP contribution in [-0.4, -0.2) is 24.0 Å². The van der Waals surface area contributed by atoms with Gasteiger partial charge in [0.2, 0.25) is 0 Å². The fourth-order valence-electron chi connectivity index (χ4n) is 1.69. The Balaban J connectivity index is 2.52. The number of aromatic amines is 1. The van der Waals surface area contributed by atoms with Crippen molar-refractivity contribution >= 4 is 10.9 Å². The average Bonchev–Trinajstić information content (AvgIpc) is 2.17. The molecule has 1 N–H and O–H groups in total. The molecular formula is C12H14N2O. The van der Waals surface area contributed by atoms with E-state index in [9.17, 15) is 4.79 Å². The minimum Gasteiger partial charge on any atom is -0.361 e. The highest BCUT2D eigenvalue weighted by molar-refractivity contribution is 5.78. The van der Waals surface area contributed by atoms with E-state index in [2.05, 4.69) is 9.88 Å². The van der Waals surface area contributed by atoms with E-state index in [1.54, 1.807) is 12.3 Å². The Hall–Kier alpha value is -1.61. The molecule has 1 heterocycles. The Bertz CT molecular complexity index is 528. The molecule has 0 bridgehead atoms. The van der Waals surface area contributed by atoms with E-state index in [0.29, 0.717) is 0 Å². The van der Waals surface area contributed by atoms with Crippen molar-refractivity contribution in [1.82, 2.24) is 9.88 Å². The Labute approximate surface area is 88.3 Å². The van der Waals surface area contributed by atoms with Crippen LogP contribution in [0.4, 0.5) is 0 Å². The fraction of sp³-hybridized carbons (Fsp3) is 0.250. The van der Waals surface area contributed by atoms with Crippen molar-refractivity contribution in [1.29, 1.82) is 0 Å². The lowest BCUT2D eigenvalue weighted by Crippen LogP contribution is -2.11. The van der Waals surface area contributed by atoms with Gasteiger partial charge in [0.05, 0.1) is 0 Å². The summed E-state index contributed by atoms with van der Waals surface area (Å²) in [6, 6.07) is 7.45. The summed E-state index contributed by atoms with van der Waals surface area (Å²) in [4.78, 5) is 16.7. The smallest absolute Gasteiger partial charge is 0.189 e. The first-order chi connectivity index (χ1) is 7.16. The lowest BCUT2D eigenvalue weighted by Gasteiger charge is -2.09. The number of aromatic nitrogens is 1. The van der Waals surface area contributed by atoms with Crippen LogP contribution in [0.15, 0.2) is 35.3 Å². The van der Waals surface area contributed by atoms with Crippen molar-refractivity contribution in [3.63, 3.8) is 0 Å². The molecule has 15 heavy (non-hydrogen) atoms. The summed E-state index contributed by atoms with van der Waals surface area (Å²) in [5.74, 6) is 0. The molecule has 0 saturated carbocycles. The Morgan fingerprint density at radius 1 is 1.27 bits per heavy atom. The maximum Gasteiger partial charge on any atom is 0.189 e. The topological polar surface area (TPSA) is 36.1 Å². The van der Waals surface area contributed by atoms with Crippen LogP contribution in [0, 0.1) is 0 Å².